The summed E-state index contributed by atoms with van der Waals surface area (Å²) in [5, 5.41) is 21.6. The fourth-order valence-electron chi connectivity index (χ4n) is 4.10. The highest BCUT2D eigenvalue weighted by atomic mass is 16.3. The Hall–Kier alpha value is -4.11. The summed E-state index contributed by atoms with van der Waals surface area (Å²) in [6.45, 7) is 6.95. The second-order valence-electron chi connectivity index (χ2n) is 7.96. The summed E-state index contributed by atoms with van der Waals surface area (Å²) in [4.78, 5) is 26.6. The molecule has 0 radical (unpaired) electrons. The van der Waals surface area contributed by atoms with Crippen LogP contribution in [0.15, 0.2) is 57.7 Å². The van der Waals surface area contributed by atoms with Gasteiger partial charge in [0.05, 0.1) is 11.6 Å². The van der Waals surface area contributed by atoms with Gasteiger partial charge in [0.25, 0.3) is 5.56 Å². The standard InChI is InChI=1S/C26H22N2O4/c1-14-10-11-21-19(12-14)16(3)24(32-21)23(29)22-15(2)20(13-27)25(30)28(26(22)31)17(4)18-8-6-5-7-9-18/h5-12,17,31H,1-4H3. The molecule has 0 aliphatic carbocycles. The fourth-order valence-corrected chi connectivity index (χ4v) is 4.10. The molecule has 6 heteroatoms. The Kier molecular flexibility index (Phi) is 5.19. The zero-order chi connectivity index (χ0) is 23.2. The molecule has 1 atom stereocenters. The Morgan fingerprint density at radius 2 is 1.78 bits per heavy atom. The molecule has 160 valence electrons. The zero-order valence-electron chi connectivity index (χ0n) is 18.3. The number of hydrogen-bond acceptors (Lipinski definition) is 5. The molecule has 2 heterocycles. The third-order valence-electron chi connectivity index (χ3n) is 5.94. The molecule has 2 aromatic carbocycles. The van der Waals surface area contributed by atoms with Crippen LogP contribution in [-0.4, -0.2) is 15.5 Å². The zero-order valence-corrected chi connectivity index (χ0v) is 18.3. The van der Waals surface area contributed by atoms with E-state index in [-0.39, 0.29) is 22.5 Å². The Labute approximate surface area is 185 Å². The second-order valence-corrected chi connectivity index (χ2v) is 7.96. The van der Waals surface area contributed by atoms with Crippen molar-refractivity contribution in [2.24, 2.45) is 0 Å². The molecule has 4 aromatic rings. The van der Waals surface area contributed by atoms with Gasteiger partial charge in [0.1, 0.15) is 17.2 Å². The summed E-state index contributed by atoms with van der Waals surface area (Å²) in [5.41, 5.74) is 2.17. The second kappa shape index (κ2) is 7.86. The van der Waals surface area contributed by atoms with Crippen LogP contribution in [0.2, 0.25) is 0 Å². The number of rotatable bonds is 4. The molecule has 32 heavy (non-hydrogen) atoms. The van der Waals surface area contributed by atoms with E-state index in [1.807, 2.05) is 55.5 Å². The van der Waals surface area contributed by atoms with Crippen LogP contribution >= 0.6 is 0 Å². The molecule has 6 nitrogen and oxygen atoms in total. The third-order valence-corrected chi connectivity index (χ3v) is 5.94. The number of carbonyl (C=O) groups is 1. The van der Waals surface area contributed by atoms with Crippen LogP contribution in [0.3, 0.4) is 0 Å². The van der Waals surface area contributed by atoms with Gasteiger partial charge in [0.15, 0.2) is 5.76 Å². The topological polar surface area (TPSA) is 96.2 Å². The minimum absolute atomic E-state index is 0.0745. The van der Waals surface area contributed by atoms with E-state index in [1.54, 1.807) is 19.9 Å². The van der Waals surface area contributed by atoms with Crippen molar-refractivity contribution < 1.29 is 14.3 Å². The molecule has 1 N–H and O–H groups in total. The molecule has 0 amide bonds. The maximum atomic E-state index is 13.6. The predicted octanol–water partition coefficient (Wildman–Crippen LogP) is 4.94. The van der Waals surface area contributed by atoms with Crippen LogP contribution in [0, 0.1) is 32.1 Å². The molecule has 0 bridgehead atoms. The first-order valence-electron chi connectivity index (χ1n) is 10.2. The van der Waals surface area contributed by atoms with Crippen molar-refractivity contribution in [3.8, 4) is 11.9 Å². The molecule has 4 rings (SSSR count). The Morgan fingerprint density at radius 3 is 2.44 bits per heavy atom. The lowest BCUT2D eigenvalue weighted by Crippen LogP contribution is -2.29. The summed E-state index contributed by atoms with van der Waals surface area (Å²) in [6.07, 6.45) is 0. The highest BCUT2D eigenvalue weighted by Crippen LogP contribution is 2.33. The van der Waals surface area contributed by atoms with Crippen molar-refractivity contribution in [2.45, 2.75) is 33.7 Å². The maximum absolute atomic E-state index is 13.6. The predicted molar refractivity (Wildman–Crippen MR) is 121 cm³/mol. The highest BCUT2D eigenvalue weighted by Gasteiger charge is 2.30. The lowest BCUT2D eigenvalue weighted by molar-refractivity contribution is 0.100. The summed E-state index contributed by atoms with van der Waals surface area (Å²) in [6, 6.07) is 16.0. The van der Waals surface area contributed by atoms with Gasteiger partial charge in [-0.25, -0.2) is 0 Å². The molecule has 0 aliphatic heterocycles. The molecular formula is C26H22N2O4. The van der Waals surface area contributed by atoms with Gasteiger partial charge in [-0.3, -0.25) is 14.2 Å². The first-order valence-corrected chi connectivity index (χ1v) is 10.2. The van der Waals surface area contributed by atoms with Crippen LogP contribution in [-0.2, 0) is 0 Å². The number of aromatic hydroxyl groups is 1. The fraction of sp³-hybridized carbons (Fsp3) is 0.192. The number of pyridine rings is 1. The van der Waals surface area contributed by atoms with E-state index in [2.05, 4.69) is 0 Å². The number of ketones is 1. The Morgan fingerprint density at radius 1 is 1.09 bits per heavy atom. The van der Waals surface area contributed by atoms with Crippen molar-refractivity contribution in [3.05, 3.63) is 98.0 Å². The van der Waals surface area contributed by atoms with Gasteiger partial charge < -0.3 is 9.52 Å². The molecule has 0 fully saturated rings. The summed E-state index contributed by atoms with van der Waals surface area (Å²) in [7, 11) is 0. The van der Waals surface area contributed by atoms with E-state index >= 15 is 0 Å². The smallest absolute Gasteiger partial charge is 0.272 e. The van der Waals surface area contributed by atoms with Gasteiger partial charge in [-0.15, -0.1) is 0 Å². The normalized spacial score (nSPS) is 12.0. The van der Waals surface area contributed by atoms with Crippen LogP contribution in [0.5, 0.6) is 5.88 Å². The van der Waals surface area contributed by atoms with Gasteiger partial charge in [0.2, 0.25) is 11.7 Å². The number of aryl methyl sites for hydroxylation is 2. The van der Waals surface area contributed by atoms with Crippen molar-refractivity contribution in [1.29, 1.82) is 5.26 Å². The van der Waals surface area contributed by atoms with E-state index in [9.17, 15) is 20.0 Å². The van der Waals surface area contributed by atoms with E-state index in [1.165, 1.54) is 6.92 Å². The van der Waals surface area contributed by atoms with E-state index in [0.717, 1.165) is 21.1 Å². The summed E-state index contributed by atoms with van der Waals surface area (Å²) < 4.78 is 6.93. The molecule has 2 aromatic heterocycles. The number of benzene rings is 2. The maximum Gasteiger partial charge on any atom is 0.272 e. The van der Waals surface area contributed by atoms with Gasteiger partial charge in [-0.1, -0.05) is 42.0 Å². The third kappa shape index (κ3) is 3.19. The van der Waals surface area contributed by atoms with Crippen LogP contribution in [0.4, 0.5) is 0 Å². The van der Waals surface area contributed by atoms with Crippen LogP contribution in [0.1, 0.15) is 56.9 Å². The quantitative estimate of drug-likeness (QED) is 0.467. The molecule has 0 spiro atoms. The van der Waals surface area contributed by atoms with Gasteiger partial charge in [-0.05, 0) is 51.0 Å². The number of furan rings is 1. The monoisotopic (exact) mass is 426 g/mol. The number of nitrogens with zero attached hydrogens (tertiary/aromatic N) is 2. The van der Waals surface area contributed by atoms with Gasteiger partial charge >= 0.3 is 0 Å². The van der Waals surface area contributed by atoms with Gasteiger partial charge in [-0.2, -0.15) is 5.26 Å². The largest absolute Gasteiger partial charge is 0.494 e. The number of carbonyl (C=O) groups excluding carboxylic acids is 1. The minimum atomic E-state index is -0.646. The molecule has 0 saturated carbocycles. The number of nitriles is 1. The minimum Gasteiger partial charge on any atom is -0.494 e. The Balaban J connectivity index is 1.97. The number of hydrogen-bond donors (Lipinski definition) is 1. The highest BCUT2D eigenvalue weighted by molar-refractivity contribution is 6.12. The van der Waals surface area contributed by atoms with Crippen molar-refractivity contribution in [3.63, 3.8) is 0 Å². The molecular weight excluding hydrogens is 404 g/mol. The summed E-state index contributed by atoms with van der Waals surface area (Å²) >= 11 is 0. The average Bonchev–Trinajstić information content (AvgIpc) is 3.10. The number of aromatic nitrogens is 1. The molecule has 1 unspecified atom stereocenters. The van der Waals surface area contributed by atoms with Crippen LogP contribution in [0.25, 0.3) is 11.0 Å². The van der Waals surface area contributed by atoms with Crippen molar-refractivity contribution in [2.75, 3.05) is 0 Å². The van der Waals surface area contributed by atoms with E-state index in [0.29, 0.717) is 11.1 Å². The van der Waals surface area contributed by atoms with Crippen LogP contribution < -0.4 is 5.56 Å². The average molecular weight is 426 g/mol. The lowest BCUT2D eigenvalue weighted by Gasteiger charge is -2.20. The SMILES string of the molecule is Cc1ccc2oc(C(=O)c3c(C)c(C#N)c(=O)n(C(C)c4ccccc4)c3O)c(C)c2c1. The van der Waals surface area contributed by atoms with Crippen molar-refractivity contribution >= 4 is 16.8 Å². The number of fused-ring (bicyclic) bond motifs is 1. The first-order chi connectivity index (χ1) is 15.3. The van der Waals surface area contributed by atoms with Gasteiger partial charge in [0, 0.05) is 10.9 Å². The van der Waals surface area contributed by atoms with E-state index < -0.39 is 23.3 Å². The van der Waals surface area contributed by atoms with Crippen molar-refractivity contribution in [1.82, 2.24) is 4.57 Å². The lowest BCUT2D eigenvalue weighted by atomic mass is 9.97. The Bertz CT molecular complexity index is 1470. The van der Waals surface area contributed by atoms with E-state index in [4.69, 9.17) is 4.42 Å². The first kappa shape index (κ1) is 21.1. The molecule has 0 aliphatic rings. The molecule has 0 saturated heterocycles. The summed E-state index contributed by atoms with van der Waals surface area (Å²) in [5.74, 6) is -0.980.